The van der Waals surface area contributed by atoms with Gasteiger partial charge in [0.15, 0.2) is 5.58 Å². The molecule has 1 aromatic carbocycles. The third-order valence-corrected chi connectivity index (χ3v) is 2.66. The number of fused-ring (bicyclic) bond motifs is 1. The predicted octanol–water partition coefficient (Wildman–Crippen LogP) is 2.09. The van der Waals surface area contributed by atoms with E-state index in [2.05, 4.69) is 4.98 Å². The van der Waals surface area contributed by atoms with Gasteiger partial charge in [0.2, 0.25) is 0 Å². The van der Waals surface area contributed by atoms with Crippen molar-refractivity contribution in [3.63, 3.8) is 0 Å². The number of nitrogen functional groups attached to an aromatic ring is 1. The van der Waals surface area contributed by atoms with E-state index in [9.17, 15) is 18.0 Å². The molecule has 19 heavy (non-hydrogen) atoms. The Hall–Kier alpha value is -2.12. The number of rotatable bonds is 3. The molecule has 0 atom stereocenters. The van der Waals surface area contributed by atoms with E-state index in [-0.39, 0.29) is 23.5 Å². The minimum Gasteiger partial charge on any atom is -0.408 e. The van der Waals surface area contributed by atoms with Gasteiger partial charge in [0, 0.05) is 12.6 Å². The fraction of sp³-hybridized carbons (Fsp3) is 0.364. The molecule has 1 heterocycles. The molecule has 5 nitrogen and oxygen atoms in total. The number of benzene rings is 1. The summed E-state index contributed by atoms with van der Waals surface area (Å²) in [6.07, 6.45) is -4.33. The number of nitrogens with zero attached hydrogens (tertiary/aromatic N) is 1. The van der Waals surface area contributed by atoms with Gasteiger partial charge in [-0.3, -0.25) is 4.98 Å². The van der Waals surface area contributed by atoms with Crippen LogP contribution in [0, 0.1) is 0 Å². The summed E-state index contributed by atoms with van der Waals surface area (Å²) < 4.78 is 42.2. The van der Waals surface area contributed by atoms with Gasteiger partial charge in [-0.15, -0.1) is 0 Å². The van der Waals surface area contributed by atoms with Crippen LogP contribution in [0.3, 0.4) is 0 Å². The Balaban J connectivity index is 2.47. The Morgan fingerprint density at radius 2 is 2.11 bits per heavy atom. The topological polar surface area (TPSA) is 75.3 Å². The number of aromatic nitrogens is 1. The first-order valence-electron chi connectivity index (χ1n) is 5.54. The summed E-state index contributed by atoms with van der Waals surface area (Å²) >= 11 is 0. The van der Waals surface area contributed by atoms with Crippen LogP contribution in [0.4, 0.5) is 24.5 Å². The van der Waals surface area contributed by atoms with Crippen molar-refractivity contribution in [1.29, 1.82) is 0 Å². The second kappa shape index (κ2) is 4.52. The van der Waals surface area contributed by atoms with Gasteiger partial charge < -0.3 is 15.1 Å². The Bertz CT molecular complexity index is 645. The Morgan fingerprint density at radius 3 is 2.68 bits per heavy atom. The standard InChI is InChI=1S/C11H12F3N3O2/c1-2-17(5-11(12,13)14)8-4-7-9(3-6(8)15)19-10(18)16-7/h3-4H,2,5,15H2,1H3,(H,16,18). The van der Waals surface area contributed by atoms with Crippen LogP contribution >= 0.6 is 0 Å². The molecule has 0 fully saturated rings. The van der Waals surface area contributed by atoms with E-state index in [4.69, 9.17) is 10.2 Å². The molecule has 8 heteroatoms. The molecular weight excluding hydrogens is 263 g/mol. The third-order valence-electron chi connectivity index (χ3n) is 2.66. The summed E-state index contributed by atoms with van der Waals surface area (Å²) in [4.78, 5) is 14.5. The largest absolute Gasteiger partial charge is 0.417 e. The first kappa shape index (κ1) is 13.3. The zero-order valence-corrected chi connectivity index (χ0v) is 10.0. The average Bonchev–Trinajstić information content (AvgIpc) is 2.63. The summed E-state index contributed by atoms with van der Waals surface area (Å²) in [6.45, 7) is 0.617. The summed E-state index contributed by atoms with van der Waals surface area (Å²) in [5, 5.41) is 0. The quantitative estimate of drug-likeness (QED) is 0.841. The van der Waals surface area contributed by atoms with Crippen LogP contribution in [-0.2, 0) is 0 Å². The summed E-state index contributed by atoms with van der Waals surface area (Å²) in [7, 11) is 0. The Morgan fingerprint density at radius 1 is 1.42 bits per heavy atom. The van der Waals surface area contributed by atoms with E-state index in [1.54, 1.807) is 6.92 Å². The number of hydrogen-bond acceptors (Lipinski definition) is 4. The zero-order valence-electron chi connectivity index (χ0n) is 10.0. The summed E-state index contributed by atoms with van der Waals surface area (Å²) in [6, 6.07) is 2.71. The van der Waals surface area contributed by atoms with Gasteiger partial charge in [-0.2, -0.15) is 13.2 Å². The van der Waals surface area contributed by atoms with Gasteiger partial charge in [0.25, 0.3) is 0 Å². The highest BCUT2D eigenvalue weighted by molar-refractivity contribution is 5.85. The maximum atomic E-state index is 12.5. The van der Waals surface area contributed by atoms with E-state index in [1.807, 2.05) is 0 Å². The van der Waals surface area contributed by atoms with E-state index >= 15 is 0 Å². The molecule has 0 radical (unpaired) electrons. The summed E-state index contributed by atoms with van der Waals surface area (Å²) in [5.74, 6) is -0.676. The molecule has 0 aliphatic rings. The molecule has 0 spiro atoms. The number of oxazole rings is 1. The predicted molar refractivity (Wildman–Crippen MR) is 65.2 cm³/mol. The Kier molecular flexibility index (Phi) is 3.17. The van der Waals surface area contributed by atoms with Crippen LogP contribution in [0.25, 0.3) is 11.1 Å². The van der Waals surface area contributed by atoms with Crippen LogP contribution in [-0.4, -0.2) is 24.2 Å². The number of nitrogens with one attached hydrogen (secondary N) is 1. The SMILES string of the molecule is CCN(CC(F)(F)F)c1cc2[nH]c(=O)oc2cc1N. The maximum Gasteiger partial charge on any atom is 0.417 e. The van der Waals surface area contributed by atoms with Crippen molar-refractivity contribution in [3.8, 4) is 0 Å². The number of H-pyrrole nitrogens is 1. The normalized spacial score (nSPS) is 12.0. The van der Waals surface area contributed by atoms with Crippen LogP contribution in [0.2, 0.25) is 0 Å². The second-order valence-corrected chi connectivity index (χ2v) is 4.05. The van der Waals surface area contributed by atoms with Crippen molar-refractivity contribution < 1.29 is 17.6 Å². The monoisotopic (exact) mass is 275 g/mol. The van der Waals surface area contributed by atoms with E-state index < -0.39 is 18.5 Å². The number of aromatic amines is 1. The van der Waals surface area contributed by atoms with Crippen LogP contribution in [0.5, 0.6) is 0 Å². The van der Waals surface area contributed by atoms with Gasteiger partial charge in [0.1, 0.15) is 6.54 Å². The maximum absolute atomic E-state index is 12.5. The molecule has 0 amide bonds. The van der Waals surface area contributed by atoms with Crippen molar-refractivity contribution in [3.05, 3.63) is 22.7 Å². The van der Waals surface area contributed by atoms with Crippen LogP contribution in [0.1, 0.15) is 6.92 Å². The molecule has 0 aliphatic carbocycles. The lowest BCUT2D eigenvalue weighted by Gasteiger charge is -2.25. The van der Waals surface area contributed by atoms with E-state index in [0.717, 1.165) is 4.90 Å². The molecule has 0 aliphatic heterocycles. The van der Waals surface area contributed by atoms with Crippen molar-refractivity contribution in [2.24, 2.45) is 0 Å². The van der Waals surface area contributed by atoms with Gasteiger partial charge >= 0.3 is 11.9 Å². The fourth-order valence-corrected chi connectivity index (χ4v) is 1.86. The highest BCUT2D eigenvalue weighted by Crippen LogP contribution is 2.30. The molecule has 0 bridgehead atoms. The molecular formula is C11H12F3N3O2. The summed E-state index contributed by atoms with van der Waals surface area (Å²) in [5.41, 5.74) is 6.58. The van der Waals surface area contributed by atoms with E-state index in [1.165, 1.54) is 12.1 Å². The minimum absolute atomic E-state index is 0.126. The lowest BCUT2D eigenvalue weighted by Crippen LogP contribution is -2.34. The highest BCUT2D eigenvalue weighted by atomic mass is 19.4. The third kappa shape index (κ3) is 2.83. The fourth-order valence-electron chi connectivity index (χ4n) is 1.86. The van der Waals surface area contributed by atoms with Crippen LogP contribution in [0.15, 0.2) is 21.3 Å². The molecule has 2 aromatic rings. The number of halogens is 3. The molecule has 104 valence electrons. The van der Waals surface area contributed by atoms with Gasteiger partial charge in [0.05, 0.1) is 16.9 Å². The second-order valence-electron chi connectivity index (χ2n) is 4.05. The molecule has 2 rings (SSSR count). The molecule has 1 aromatic heterocycles. The molecule has 0 unspecified atom stereocenters. The first-order chi connectivity index (χ1) is 8.80. The van der Waals surface area contributed by atoms with Crippen molar-refractivity contribution in [1.82, 2.24) is 4.98 Å². The number of alkyl halides is 3. The number of hydrogen-bond donors (Lipinski definition) is 2. The van der Waals surface area contributed by atoms with Crippen molar-refractivity contribution in [2.45, 2.75) is 13.1 Å². The Labute approximate surface area is 105 Å². The lowest BCUT2D eigenvalue weighted by atomic mass is 10.2. The van der Waals surface area contributed by atoms with Gasteiger partial charge in [-0.1, -0.05) is 0 Å². The number of nitrogens with two attached hydrogens (primary N) is 1. The lowest BCUT2D eigenvalue weighted by molar-refractivity contribution is -0.119. The van der Waals surface area contributed by atoms with Crippen molar-refractivity contribution >= 4 is 22.5 Å². The average molecular weight is 275 g/mol. The molecule has 3 N–H and O–H groups in total. The highest BCUT2D eigenvalue weighted by Gasteiger charge is 2.31. The molecule has 0 saturated carbocycles. The van der Waals surface area contributed by atoms with Crippen molar-refractivity contribution in [2.75, 3.05) is 23.7 Å². The molecule has 0 saturated heterocycles. The zero-order chi connectivity index (χ0) is 14.2. The first-order valence-corrected chi connectivity index (χ1v) is 5.54. The van der Waals surface area contributed by atoms with E-state index in [0.29, 0.717) is 5.52 Å². The smallest absolute Gasteiger partial charge is 0.408 e. The number of anilines is 2. The van der Waals surface area contributed by atoms with Gasteiger partial charge in [-0.25, -0.2) is 4.79 Å². The minimum atomic E-state index is -4.33. The van der Waals surface area contributed by atoms with Crippen LogP contribution < -0.4 is 16.4 Å². The van der Waals surface area contributed by atoms with Gasteiger partial charge in [-0.05, 0) is 13.0 Å².